The molecule has 0 bridgehead atoms. The van der Waals surface area contributed by atoms with Crippen molar-refractivity contribution in [2.45, 2.75) is 39.8 Å². The molecular formula is C16H19BrF2N4O2. The lowest BCUT2D eigenvalue weighted by molar-refractivity contribution is 0.0280. The van der Waals surface area contributed by atoms with Gasteiger partial charge in [-0.15, -0.1) is 0 Å². The van der Waals surface area contributed by atoms with Crippen LogP contribution < -0.4 is 0 Å². The average Bonchev–Trinajstić information content (AvgIpc) is 2.82. The number of carbonyl (C=O) groups is 1. The Hall–Kier alpha value is -2.03. The number of aromatic nitrogens is 3. The lowest BCUT2D eigenvalue weighted by atomic mass is 10.2. The minimum absolute atomic E-state index is 0.0266. The average molecular weight is 417 g/mol. The van der Waals surface area contributed by atoms with Crippen LogP contribution in [0, 0.1) is 18.6 Å². The Morgan fingerprint density at radius 3 is 2.60 bits per heavy atom. The number of hydrogen-bond donors (Lipinski definition) is 0. The molecule has 0 saturated heterocycles. The van der Waals surface area contributed by atoms with Crippen molar-refractivity contribution in [1.82, 2.24) is 19.7 Å². The topological polar surface area (TPSA) is 60.3 Å². The zero-order chi connectivity index (χ0) is 18.9. The van der Waals surface area contributed by atoms with Crippen molar-refractivity contribution in [3.8, 4) is 5.69 Å². The molecule has 1 amide bonds. The van der Waals surface area contributed by atoms with Gasteiger partial charge in [0.15, 0.2) is 17.5 Å². The zero-order valence-corrected chi connectivity index (χ0v) is 16.2. The van der Waals surface area contributed by atoms with Gasteiger partial charge < -0.3 is 9.64 Å². The highest BCUT2D eigenvalue weighted by molar-refractivity contribution is 9.10. The highest BCUT2D eigenvalue weighted by Gasteiger charge is 2.24. The summed E-state index contributed by atoms with van der Waals surface area (Å²) in [6.45, 7) is 6.81. The van der Waals surface area contributed by atoms with Crippen molar-refractivity contribution in [3.05, 3.63) is 39.9 Å². The molecule has 136 valence electrons. The maximum atomic E-state index is 14.4. The Morgan fingerprint density at radius 2 is 2.00 bits per heavy atom. The molecular weight excluding hydrogens is 398 g/mol. The van der Waals surface area contributed by atoms with Gasteiger partial charge in [0.05, 0.1) is 11.0 Å². The van der Waals surface area contributed by atoms with E-state index < -0.39 is 23.3 Å². The normalized spacial score (nSPS) is 11.5. The van der Waals surface area contributed by atoms with Crippen LogP contribution in [0.25, 0.3) is 5.69 Å². The van der Waals surface area contributed by atoms with Gasteiger partial charge in [-0.25, -0.2) is 23.2 Å². The van der Waals surface area contributed by atoms with Crippen LogP contribution in [0.3, 0.4) is 0 Å². The first-order chi connectivity index (χ1) is 11.5. The summed E-state index contributed by atoms with van der Waals surface area (Å²) in [7, 11) is 1.51. The number of rotatable bonds is 3. The molecule has 0 aliphatic heterocycles. The highest BCUT2D eigenvalue weighted by atomic mass is 79.9. The third-order valence-corrected chi connectivity index (χ3v) is 3.71. The van der Waals surface area contributed by atoms with Crippen LogP contribution in [0.5, 0.6) is 0 Å². The minimum atomic E-state index is -0.800. The number of hydrogen-bond acceptors (Lipinski definition) is 4. The summed E-state index contributed by atoms with van der Waals surface area (Å²) >= 11 is 3.03. The maximum absolute atomic E-state index is 14.4. The molecule has 0 spiro atoms. The van der Waals surface area contributed by atoms with Crippen LogP contribution >= 0.6 is 15.9 Å². The van der Waals surface area contributed by atoms with Crippen molar-refractivity contribution in [2.75, 3.05) is 7.05 Å². The monoisotopic (exact) mass is 416 g/mol. The smallest absolute Gasteiger partial charge is 0.410 e. The number of carbonyl (C=O) groups excluding carboxylic acids is 1. The molecule has 1 aromatic heterocycles. The molecule has 0 aliphatic rings. The predicted octanol–water partition coefficient (Wildman–Crippen LogP) is 3.98. The Labute approximate surface area is 152 Å². The molecule has 0 atom stereocenters. The summed E-state index contributed by atoms with van der Waals surface area (Å²) in [5.41, 5.74) is -1.01. The van der Waals surface area contributed by atoms with Crippen LogP contribution in [-0.2, 0) is 11.3 Å². The first kappa shape index (κ1) is 19.3. The Bertz CT molecular complexity index is 802. The second kappa shape index (κ2) is 7.07. The summed E-state index contributed by atoms with van der Waals surface area (Å²) in [6.07, 6.45) is -0.574. The van der Waals surface area contributed by atoms with Crippen LogP contribution in [0.4, 0.5) is 13.6 Å². The number of aryl methyl sites for hydroxylation is 1. The summed E-state index contributed by atoms with van der Waals surface area (Å²) in [4.78, 5) is 17.5. The molecule has 2 aromatic rings. The SMILES string of the molecule is Cc1nc(CN(C)C(=O)OC(C)(C)C)n(-c2c(F)ccc(Br)c2F)n1. The van der Waals surface area contributed by atoms with Gasteiger partial charge in [0.25, 0.3) is 0 Å². The first-order valence-electron chi connectivity index (χ1n) is 7.50. The summed E-state index contributed by atoms with van der Waals surface area (Å²) in [5.74, 6) is -1.05. The van der Waals surface area contributed by atoms with E-state index in [2.05, 4.69) is 26.0 Å². The van der Waals surface area contributed by atoms with Gasteiger partial charge in [-0.1, -0.05) is 0 Å². The number of nitrogens with zero attached hydrogens (tertiary/aromatic N) is 4. The van der Waals surface area contributed by atoms with E-state index in [-0.39, 0.29) is 22.5 Å². The minimum Gasteiger partial charge on any atom is -0.444 e. The predicted molar refractivity (Wildman–Crippen MR) is 91.4 cm³/mol. The van der Waals surface area contributed by atoms with Crippen molar-refractivity contribution in [2.24, 2.45) is 0 Å². The van der Waals surface area contributed by atoms with E-state index in [1.165, 1.54) is 18.0 Å². The second-order valence-corrected chi connectivity index (χ2v) is 7.37. The molecule has 0 aliphatic carbocycles. The third kappa shape index (κ3) is 4.53. The number of amides is 1. The van der Waals surface area contributed by atoms with Crippen LogP contribution in [0.1, 0.15) is 32.4 Å². The largest absolute Gasteiger partial charge is 0.444 e. The Kier molecular flexibility index (Phi) is 5.46. The summed E-state index contributed by atoms with van der Waals surface area (Å²) in [6, 6.07) is 2.39. The van der Waals surface area contributed by atoms with Gasteiger partial charge in [0.2, 0.25) is 0 Å². The molecule has 9 heteroatoms. The summed E-state index contributed by atoms with van der Waals surface area (Å²) in [5, 5.41) is 4.06. The van der Waals surface area contributed by atoms with Gasteiger partial charge in [0, 0.05) is 7.05 Å². The molecule has 6 nitrogen and oxygen atoms in total. The van der Waals surface area contributed by atoms with E-state index in [0.29, 0.717) is 5.82 Å². The van der Waals surface area contributed by atoms with Gasteiger partial charge >= 0.3 is 6.09 Å². The molecule has 2 rings (SSSR count). The Morgan fingerprint density at radius 1 is 1.36 bits per heavy atom. The molecule has 0 N–H and O–H groups in total. The van der Waals surface area contributed by atoms with Crippen LogP contribution in [0.15, 0.2) is 16.6 Å². The van der Waals surface area contributed by atoms with Crippen LogP contribution in [0.2, 0.25) is 0 Å². The highest BCUT2D eigenvalue weighted by Crippen LogP contribution is 2.25. The van der Waals surface area contributed by atoms with Gasteiger partial charge in [-0.3, -0.25) is 0 Å². The van der Waals surface area contributed by atoms with Gasteiger partial charge in [0.1, 0.15) is 17.1 Å². The van der Waals surface area contributed by atoms with E-state index in [1.54, 1.807) is 27.7 Å². The van der Waals surface area contributed by atoms with E-state index in [4.69, 9.17) is 4.74 Å². The molecule has 1 aromatic carbocycles. The fraction of sp³-hybridized carbons (Fsp3) is 0.438. The number of halogens is 3. The van der Waals surface area contributed by atoms with Crippen molar-refractivity contribution in [3.63, 3.8) is 0 Å². The van der Waals surface area contributed by atoms with Gasteiger partial charge in [-0.05, 0) is 55.8 Å². The zero-order valence-electron chi connectivity index (χ0n) is 14.6. The lowest BCUT2D eigenvalue weighted by Crippen LogP contribution is -2.34. The van der Waals surface area contributed by atoms with E-state index in [0.717, 1.165) is 10.7 Å². The standard InChI is InChI=1S/C16H19BrF2N4O2/c1-9-20-12(8-22(5)15(24)25-16(2,3)4)23(21-9)14-11(18)7-6-10(17)13(14)19/h6-7H,8H2,1-5H3. The van der Waals surface area contributed by atoms with Crippen molar-refractivity contribution < 1.29 is 18.3 Å². The number of benzene rings is 1. The molecule has 0 unspecified atom stereocenters. The van der Waals surface area contributed by atoms with E-state index in [1.807, 2.05) is 0 Å². The van der Waals surface area contributed by atoms with E-state index in [9.17, 15) is 13.6 Å². The quantitative estimate of drug-likeness (QED) is 0.709. The lowest BCUT2D eigenvalue weighted by Gasteiger charge is -2.24. The molecule has 1 heterocycles. The molecule has 0 radical (unpaired) electrons. The Balaban J connectivity index is 2.37. The fourth-order valence-corrected chi connectivity index (χ4v) is 2.39. The van der Waals surface area contributed by atoms with Crippen LogP contribution in [-0.4, -0.2) is 38.4 Å². The van der Waals surface area contributed by atoms with Crippen molar-refractivity contribution in [1.29, 1.82) is 0 Å². The second-order valence-electron chi connectivity index (χ2n) is 6.52. The summed E-state index contributed by atoms with van der Waals surface area (Å²) < 4.78 is 35.0. The number of ether oxygens (including phenoxy) is 1. The first-order valence-corrected chi connectivity index (χ1v) is 8.29. The molecule has 0 fully saturated rings. The van der Waals surface area contributed by atoms with E-state index >= 15 is 0 Å². The van der Waals surface area contributed by atoms with Gasteiger partial charge in [-0.2, -0.15) is 5.10 Å². The third-order valence-electron chi connectivity index (χ3n) is 3.10. The molecule has 25 heavy (non-hydrogen) atoms. The maximum Gasteiger partial charge on any atom is 0.410 e. The molecule has 0 saturated carbocycles. The fourth-order valence-electron chi connectivity index (χ4n) is 2.07. The van der Waals surface area contributed by atoms with Crippen molar-refractivity contribution >= 4 is 22.0 Å².